The number of aryl methyl sites for hydroxylation is 1. The average molecular weight is 208 g/mol. The standard InChI is InChI=1S/C12H17FN2/c1-9-4-5-11(13)12(7-9)15-10-3-2-6-14-8-10/h4-5,7,10,14-15H,2-3,6,8H2,1H3. The first-order valence-electron chi connectivity index (χ1n) is 5.49. The molecule has 1 aliphatic heterocycles. The highest BCUT2D eigenvalue weighted by Crippen LogP contribution is 2.18. The van der Waals surface area contributed by atoms with E-state index in [0.29, 0.717) is 11.7 Å². The molecule has 0 radical (unpaired) electrons. The summed E-state index contributed by atoms with van der Waals surface area (Å²) in [6.07, 6.45) is 2.27. The molecule has 2 rings (SSSR count). The van der Waals surface area contributed by atoms with Gasteiger partial charge in [0.2, 0.25) is 0 Å². The van der Waals surface area contributed by atoms with E-state index < -0.39 is 0 Å². The Labute approximate surface area is 89.9 Å². The Hall–Kier alpha value is -1.09. The van der Waals surface area contributed by atoms with Crippen LogP contribution in [0.1, 0.15) is 18.4 Å². The largest absolute Gasteiger partial charge is 0.379 e. The van der Waals surface area contributed by atoms with E-state index in [1.807, 2.05) is 13.0 Å². The monoisotopic (exact) mass is 208 g/mol. The molecule has 0 amide bonds. The van der Waals surface area contributed by atoms with Crippen molar-refractivity contribution >= 4 is 5.69 Å². The molecule has 1 fully saturated rings. The Kier molecular flexibility index (Phi) is 3.21. The summed E-state index contributed by atoms with van der Waals surface area (Å²) in [4.78, 5) is 0. The quantitative estimate of drug-likeness (QED) is 0.779. The van der Waals surface area contributed by atoms with Gasteiger partial charge in [-0.05, 0) is 44.0 Å². The highest BCUT2D eigenvalue weighted by molar-refractivity contribution is 5.47. The van der Waals surface area contributed by atoms with Gasteiger partial charge in [0.15, 0.2) is 0 Å². The van der Waals surface area contributed by atoms with E-state index in [0.717, 1.165) is 31.5 Å². The summed E-state index contributed by atoms with van der Waals surface area (Å²) in [7, 11) is 0. The predicted molar refractivity (Wildman–Crippen MR) is 60.7 cm³/mol. The van der Waals surface area contributed by atoms with Gasteiger partial charge in [-0.1, -0.05) is 6.07 Å². The normalized spacial score (nSPS) is 21.3. The molecular formula is C12H17FN2. The second kappa shape index (κ2) is 4.62. The highest BCUT2D eigenvalue weighted by Gasteiger charge is 2.13. The molecule has 1 heterocycles. The van der Waals surface area contributed by atoms with Crippen LogP contribution in [0.3, 0.4) is 0 Å². The van der Waals surface area contributed by atoms with Crippen molar-refractivity contribution in [2.75, 3.05) is 18.4 Å². The Morgan fingerprint density at radius 2 is 2.33 bits per heavy atom. The maximum atomic E-state index is 13.4. The lowest BCUT2D eigenvalue weighted by atomic mass is 10.1. The SMILES string of the molecule is Cc1ccc(F)c(NC2CCCNC2)c1. The van der Waals surface area contributed by atoms with E-state index >= 15 is 0 Å². The number of anilines is 1. The molecule has 1 atom stereocenters. The van der Waals surface area contributed by atoms with Gasteiger partial charge in [-0.15, -0.1) is 0 Å². The van der Waals surface area contributed by atoms with E-state index in [2.05, 4.69) is 10.6 Å². The molecule has 1 unspecified atom stereocenters. The summed E-state index contributed by atoms with van der Waals surface area (Å²) in [5.74, 6) is -0.161. The van der Waals surface area contributed by atoms with Gasteiger partial charge < -0.3 is 10.6 Å². The van der Waals surface area contributed by atoms with Crippen molar-refractivity contribution in [2.45, 2.75) is 25.8 Å². The average Bonchev–Trinajstić information content (AvgIpc) is 2.25. The summed E-state index contributed by atoms with van der Waals surface area (Å²) >= 11 is 0. The molecule has 0 aliphatic carbocycles. The summed E-state index contributed by atoms with van der Waals surface area (Å²) < 4.78 is 13.4. The molecule has 1 saturated heterocycles. The van der Waals surface area contributed by atoms with Crippen LogP contribution >= 0.6 is 0 Å². The number of hydrogen-bond acceptors (Lipinski definition) is 2. The molecule has 2 nitrogen and oxygen atoms in total. The Bertz CT molecular complexity index is 332. The number of nitrogens with one attached hydrogen (secondary N) is 2. The van der Waals surface area contributed by atoms with Crippen molar-refractivity contribution in [1.29, 1.82) is 0 Å². The van der Waals surface area contributed by atoms with Crippen molar-refractivity contribution < 1.29 is 4.39 Å². The van der Waals surface area contributed by atoms with Crippen LogP contribution in [0.4, 0.5) is 10.1 Å². The maximum Gasteiger partial charge on any atom is 0.146 e. The van der Waals surface area contributed by atoms with Gasteiger partial charge in [0, 0.05) is 12.6 Å². The van der Waals surface area contributed by atoms with E-state index in [9.17, 15) is 4.39 Å². The van der Waals surface area contributed by atoms with Crippen LogP contribution < -0.4 is 10.6 Å². The fourth-order valence-corrected chi connectivity index (χ4v) is 1.94. The van der Waals surface area contributed by atoms with Gasteiger partial charge >= 0.3 is 0 Å². The van der Waals surface area contributed by atoms with Crippen molar-refractivity contribution in [2.24, 2.45) is 0 Å². The first-order valence-corrected chi connectivity index (χ1v) is 5.49. The van der Waals surface area contributed by atoms with E-state index in [-0.39, 0.29) is 5.82 Å². The van der Waals surface area contributed by atoms with Crippen molar-refractivity contribution in [3.63, 3.8) is 0 Å². The first-order chi connectivity index (χ1) is 7.25. The Balaban J connectivity index is 2.05. The Morgan fingerprint density at radius 3 is 3.07 bits per heavy atom. The van der Waals surface area contributed by atoms with Crippen molar-refractivity contribution in [1.82, 2.24) is 5.32 Å². The van der Waals surface area contributed by atoms with Crippen LogP contribution in [0.25, 0.3) is 0 Å². The molecule has 0 spiro atoms. The Morgan fingerprint density at radius 1 is 1.47 bits per heavy atom. The lowest BCUT2D eigenvalue weighted by molar-refractivity contribution is 0.477. The second-order valence-electron chi connectivity index (χ2n) is 4.17. The molecule has 1 aliphatic rings. The van der Waals surface area contributed by atoms with E-state index in [1.54, 1.807) is 6.07 Å². The number of piperidine rings is 1. The number of rotatable bonds is 2. The van der Waals surface area contributed by atoms with Crippen LogP contribution in [0.15, 0.2) is 18.2 Å². The van der Waals surface area contributed by atoms with Gasteiger partial charge in [-0.2, -0.15) is 0 Å². The zero-order valence-electron chi connectivity index (χ0n) is 9.02. The lowest BCUT2D eigenvalue weighted by Crippen LogP contribution is -2.38. The molecule has 82 valence electrons. The van der Waals surface area contributed by atoms with Crippen LogP contribution in [-0.4, -0.2) is 19.1 Å². The van der Waals surface area contributed by atoms with Crippen LogP contribution in [0.2, 0.25) is 0 Å². The topological polar surface area (TPSA) is 24.1 Å². The third-order valence-corrected chi connectivity index (χ3v) is 2.78. The number of hydrogen-bond donors (Lipinski definition) is 2. The maximum absolute atomic E-state index is 13.4. The van der Waals surface area contributed by atoms with Crippen LogP contribution in [0, 0.1) is 12.7 Å². The third-order valence-electron chi connectivity index (χ3n) is 2.78. The zero-order chi connectivity index (χ0) is 10.7. The van der Waals surface area contributed by atoms with E-state index in [1.165, 1.54) is 6.07 Å². The summed E-state index contributed by atoms with van der Waals surface area (Å²) in [5, 5.41) is 6.56. The predicted octanol–water partition coefficient (Wildman–Crippen LogP) is 2.30. The third kappa shape index (κ3) is 2.69. The van der Waals surface area contributed by atoms with E-state index in [4.69, 9.17) is 0 Å². The minimum atomic E-state index is -0.161. The lowest BCUT2D eigenvalue weighted by Gasteiger charge is -2.25. The van der Waals surface area contributed by atoms with Crippen molar-refractivity contribution in [3.05, 3.63) is 29.6 Å². The molecule has 3 heteroatoms. The zero-order valence-corrected chi connectivity index (χ0v) is 9.02. The molecule has 0 saturated carbocycles. The molecule has 2 N–H and O–H groups in total. The fourth-order valence-electron chi connectivity index (χ4n) is 1.94. The van der Waals surface area contributed by atoms with Gasteiger partial charge in [0.1, 0.15) is 5.82 Å². The molecule has 1 aromatic rings. The second-order valence-corrected chi connectivity index (χ2v) is 4.17. The molecule has 15 heavy (non-hydrogen) atoms. The van der Waals surface area contributed by atoms with Crippen LogP contribution in [-0.2, 0) is 0 Å². The minimum Gasteiger partial charge on any atom is -0.379 e. The van der Waals surface area contributed by atoms with Gasteiger partial charge in [-0.25, -0.2) is 4.39 Å². The molecule has 1 aromatic carbocycles. The number of halogens is 1. The number of benzene rings is 1. The van der Waals surface area contributed by atoms with Gasteiger partial charge in [0.05, 0.1) is 5.69 Å². The summed E-state index contributed by atoms with van der Waals surface area (Å²) in [6.45, 7) is 3.98. The minimum absolute atomic E-state index is 0.161. The summed E-state index contributed by atoms with van der Waals surface area (Å²) in [6, 6.07) is 5.53. The summed E-state index contributed by atoms with van der Waals surface area (Å²) in [5.41, 5.74) is 1.71. The highest BCUT2D eigenvalue weighted by atomic mass is 19.1. The molecule has 0 aromatic heterocycles. The van der Waals surface area contributed by atoms with Crippen molar-refractivity contribution in [3.8, 4) is 0 Å². The molecular weight excluding hydrogens is 191 g/mol. The first kappa shape index (κ1) is 10.4. The smallest absolute Gasteiger partial charge is 0.146 e. The van der Waals surface area contributed by atoms with Crippen LogP contribution in [0.5, 0.6) is 0 Å². The molecule has 0 bridgehead atoms. The fraction of sp³-hybridized carbons (Fsp3) is 0.500. The van der Waals surface area contributed by atoms with Gasteiger partial charge in [0.25, 0.3) is 0 Å². The van der Waals surface area contributed by atoms with Gasteiger partial charge in [-0.3, -0.25) is 0 Å².